The number of nitrogens with zero attached hydrogens (tertiary/aromatic N) is 2. The average molecular weight is 264 g/mol. The zero-order chi connectivity index (χ0) is 13.0. The maximum Gasteiger partial charge on any atom is 0.411 e. The first-order valence-electron chi connectivity index (χ1n) is 5.16. The Labute approximate surface area is 109 Å². The van der Waals surface area contributed by atoms with Crippen LogP contribution >= 0.6 is 11.6 Å². The number of primary amides is 1. The Balaban J connectivity index is 2.08. The predicted molar refractivity (Wildman–Crippen MR) is 66.5 cm³/mol. The molecule has 0 saturated carbocycles. The lowest BCUT2D eigenvalue weighted by Crippen LogP contribution is -2.16. The van der Waals surface area contributed by atoms with Crippen molar-refractivity contribution in [3.63, 3.8) is 0 Å². The van der Waals surface area contributed by atoms with Crippen LogP contribution < -0.4 is 10.5 Å². The Kier molecular flexibility index (Phi) is 3.74. The molecular formula is C12H10ClN3O2. The van der Waals surface area contributed by atoms with E-state index in [1.807, 2.05) is 6.07 Å². The Bertz CT molecular complexity index is 558. The minimum Gasteiger partial charge on any atom is -0.391 e. The first-order chi connectivity index (χ1) is 8.63. The van der Waals surface area contributed by atoms with Crippen molar-refractivity contribution in [3.8, 4) is 5.88 Å². The third kappa shape index (κ3) is 3.43. The lowest BCUT2D eigenvalue weighted by Gasteiger charge is -2.03. The molecule has 2 heterocycles. The summed E-state index contributed by atoms with van der Waals surface area (Å²) in [6.45, 7) is 0. The second kappa shape index (κ2) is 5.46. The van der Waals surface area contributed by atoms with Crippen molar-refractivity contribution in [1.29, 1.82) is 0 Å². The third-order valence-electron chi connectivity index (χ3n) is 2.20. The standard InChI is InChI=1S/C12H10ClN3O2/c13-10-6-8(3-4-15-10)5-9-1-2-11(16-7-9)18-12(14)17/h1-4,6-7H,5H2,(H2,14,17). The van der Waals surface area contributed by atoms with Crippen LogP contribution in [0.2, 0.25) is 5.15 Å². The van der Waals surface area contributed by atoms with Gasteiger partial charge in [0.05, 0.1) is 0 Å². The van der Waals surface area contributed by atoms with Crippen molar-refractivity contribution >= 4 is 17.7 Å². The van der Waals surface area contributed by atoms with Gasteiger partial charge in [-0.1, -0.05) is 17.7 Å². The summed E-state index contributed by atoms with van der Waals surface area (Å²) < 4.78 is 4.64. The van der Waals surface area contributed by atoms with Gasteiger partial charge in [0.2, 0.25) is 5.88 Å². The van der Waals surface area contributed by atoms with Gasteiger partial charge in [-0.25, -0.2) is 14.8 Å². The van der Waals surface area contributed by atoms with E-state index >= 15 is 0 Å². The zero-order valence-corrected chi connectivity index (χ0v) is 10.1. The number of amides is 1. The maximum atomic E-state index is 10.5. The molecule has 0 aliphatic carbocycles. The van der Waals surface area contributed by atoms with Crippen LogP contribution in [-0.2, 0) is 6.42 Å². The minimum absolute atomic E-state index is 0.180. The first kappa shape index (κ1) is 12.3. The van der Waals surface area contributed by atoms with Crippen LogP contribution in [0.25, 0.3) is 0 Å². The molecule has 0 aliphatic heterocycles. The fourth-order valence-electron chi connectivity index (χ4n) is 1.47. The van der Waals surface area contributed by atoms with Gasteiger partial charge in [-0.05, 0) is 29.7 Å². The van der Waals surface area contributed by atoms with Crippen LogP contribution in [0.4, 0.5) is 4.79 Å². The highest BCUT2D eigenvalue weighted by Crippen LogP contribution is 2.14. The first-order valence-corrected chi connectivity index (χ1v) is 5.54. The molecule has 2 rings (SSSR count). The van der Waals surface area contributed by atoms with Crippen LogP contribution in [0.3, 0.4) is 0 Å². The Morgan fingerprint density at radius 1 is 1.28 bits per heavy atom. The van der Waals surface area contributed by atoms with Crippen LogP contribution in [0.5, 0.6) is 5.88 Å². The average Bonchev–Trinajstić information content (AvgIpc) is 2.31. The molecule has 0 radical (unpaired) electrons. The molecule has 18 heavy (non-hydrogen) atoms. The van der Waals surface area contributed by atoms with E-state index in [0.29, 0.717) is 11.6 Å². The molecule has 0 unspecified atom stereocenters. The lowest BCUT2D eigenvalue weighted by atomic mass is 10.1. The second-order valence-electron chi connectivity index (χ2n) is 3.59. The van der Waals surface area contributed by atoms with Crippen molar-refractivity contribution < 1.29 is 9.53 Å². The molecule has 0 fully saturated rings. The van der Waals surface area contributed by atoms with Crippen LogP contribution in [0, 0.1) is 0 Å². The number of aromatic nitrogens is 2. The molecule has 0 aromatic carbocycles. The van der Waals surface area contributed by atoms with Gasteiger partial charge in [0.1, 0.15) is 5.15 Å². The third-order valence-corrected chi connectivity index (χ3v) is 2.41. The predicted octanol–water partition coefficient (Wildman–Crippen LogP) is 2.18. The summed E-state index contributed by atoms with van der Waals surface area (Å²) >= 11 is 5.80. The SMILES string of the molecule is NC(=O)Oc1ccc(Cc2ccnc(Cl)c2)cn1. The summed E-state index contributed by atoms with van der Waals surface area (Å²) in [5.74, 6) is 0.180. The second-order valence-corrected chi connectivity index (χ2v) is 3.98. The number of carbonyl (C=O) groups is 1. The van der Waals surface area contributed by atoms with Gasteiger partial charge < -0.3 is 10.5 Å². The molecule has 0 bridgehead atoms. The van der Waals surface area contributed by atoms with Gasteiger partial charge >= 0.3 is 6.09 Å². The van der Waals surface area contributed by atoms with Gasteiger partial charge in [-0.2, -0.15) is 0 Å². The topological polar surface area (TPSA) is 78.1 Å². The smallest absolute Gasteiger partial charge is 0.391 e. The highest BCUT2D eigenvalue weighted by Gasteiger charge is 2.02. The molecule has 0 atom stereocenters. The van der Waals surface area contributed by atoms with E-state index in [1.54, 1.807) is 30.6 Å². The van der Waals surface area contributed by atoms with Gasteiger partial charge in [0.25, 0.3) is 0 Å². The molecule has 0 spiro atoms. The van der Waals surface area contributed by atoms with Crippen molar-refractivity contribution in [1.82, 2.24) is 9.97 Å². The van der Waals surface area contributed by atoms with Gasteiger partial charge in [0.15, 0.2) is 0 Å². The Morgan fingerprint density at radius 2 is 2.11 bits per heavy atom. The van der Waals surface area contributed by atoms with Gasteiger partial charge in [-0.3, -0.25) is 0 Å². The summed E-state index contributed by atoms with van der Waals surface area (Å²) in [6.07, 6.45) is 3.06. The van der Waals surface area contributed by atoms with E-state index in [4.69, 9.17) is 17.3 Å². The monoisotopic (exact) mass is 263 g/mol. The van der Waals surface area contributed by atoms with Gasteiger partial charge in [0, 0.05) is 18.5 Å². The largest absolute Gasteiger partial charge is 0.411 e. The van der Waals surface area contributed by atoms with E-state index in [-0.39, 0.29) is 5.88 Å². The zero-order valence-electron chi connectivity index (χ0n) is 9.34. The number of nitrogens with two attached hydrogens (primary N) is 1. The molecule has 5 nitrogen and oxygen atoms in total. The van der Waals surface area contributed by atoms with Crippen molar-refractivity contribution in [2.75, 3.05) is 0 Å². The summed E-state index contributed by atoms with van der Waals surface area (Å²) in [7, 11) is 0. The van der Waals surface area contributed by atoms with E-state index < -0.39 is 6.09 Å². The number of ether oxygens (including phenoxy) is 1. The van der Waals surface area contributed by atoms with Crippen LogP contribution in [0.15, 0.2) is 36.7 Å². The maximum absolute atomic E-state index is 10.5. The van der Waals surface area contributed by atoms with Crippen molar-refractivity contribution in [2.24, 2.45) is 5.73 Å². The van der Waals surface area contributed by atoms with E-state index in [1.165, 1.54) is 0 Å². The highest BCUT2D eigenvalue weighted by atomic mass is 35.5. The Morgan fingerprint density at radius 3 is 2.72 bits per heavy atom. The fraction of sp³-hybridized carbons (Fsp3) is 0.0833. The molecule has 2 aromatic rings. The number of carbonyl (C=O) groups excluding carboxylic acids is 1. The molecule has 92 valence electrons. The van der Waals surface area contributed by atoms with Crippen molar-refractivity contribution in [3.05, 3.63) is 52.9 Å². The number of hydrogen-bond donors (Lipinski definition) is 1. The molecule has 2 N–H and O–H groups in total. The normalized spacial score (nSPS) is 10.1. The molecule has 6 heteroatoms. The number of rotatable bonds is 3. The summed E-state index contributed by atoms with van der Waals surface area (Å²) in [5.41, 5.74) is 6.87. The number of halogens is 1. The summed E-state index contributed by atoms with van der Waals surface area (Å²) in [6, 6.07) is 7.05. The summed E-state index contributed by atoms with van der Waals surface area (Å²) in [4.78, 5) is 18.4. The van der Waals surface area contributed by atoms with E-state index in [9.17, 15) is 4.79 Å². The number of pyridine rings is 2. The van der Waals surface area contributed by atoms with Gasteiger partial charge in [-0.15, -0.1) is 0 Å². The quantitative estimate of drug-likeness (QED) is 0.861. The van der Waals surface area contributed by atoms with E-state index in [0.717, 1.165) is 11.1 Å². The van der Waals surface area contributed by atoms with Crippen molar-refractivity contribution in [2.45, 2.75) is 6.42 Å². The summed E-state index contributed by atoms with van der Waals surface area (Å²) in [5, 5.41) is 0.453. The molecule has 1 amide bonds. The van der Waals surface area contributed by atoms with E-state index in [2.05, 4.69) is 14.7 Å². The molecule has 0 aliphatic rings. The molecular weight excluding hydrogens is 254 g/mol. The lowest BCUT2D eigenvalue weighted by molar-refractivity contribution is 0.209. The molecule has 2 aromatic heterocycles. The fourth-order valence-corrected chi connectivity index (χ4v) is 1.66. The minimum atomic E-state index is -0.879. The van der Waals surface area contributed by atoms with Crippen LogP contribution in [-0.4, -0.2) is 16.1 Å². The Hall–Kier alpha value is -2.14. The molecule has 0 saturated heterocycles. The number of hydrogen-bond acceptors (Lipinski definition) is 4. The highest BCUT2D eigenvalue weighted by molar-refractivity contribution is 6.29. The van der Waals surface area contributed by atoms with Crippen LogP contribution in [0.1, 0.15) is 11.1 Å².